The van der Waals surface area contributed by atoms with E-state index in [-0.39, 0.29) is 10.9 Å². The monoisotopic (exact) mass is 400 g/mol. The maximum absolute atomic E-state index is 12.9. The maximum atomic E-state index is 12.9. The zero-order valence-electron chi connectivity index (χ0n) is 15.4. The minimum absolute atomic E-state index is 0.0688. The van der Waals surface area contributed by atoms with Crippen LogP contribution in [-0.2, 0) is 24.3 Å². The number of nitrogens with one attached hydrogen (secondary N) is 2. The topological polar surface area (TPSA) is 102 Å². The SMILES string of the molecule is C[C@H](NS(=O)(=O)c1ccc(F)cc1)C(=O)OCC(=O)N[C@H]1CCCC[C@H]1C. The van der Waals surface area contributed by atoms with Crippen LogP contribution in [-0.4, -0.2) is 39.0 Å². The molecule has 1 aromatic carbocycles. The molecule has 1 amide bonds. The van der Waals surface area contributed by atoms with Crippen LogP contribution in [0.1, 0.15) is 39.5 Å². The van der Waals surface area contributed by atoms with Gasteiger partial charge < -0.3 is 10.1 Å². The van der Waals surface area contributed by atoms with Crippen LogP contribution in [0.15, 0.2) is 29.2 Å². The van der Waals surface area contributed by atoms with Crippen LogP contribution in [0.25, 0.3) is 0 Å². The maximum Gasteiger partial charge on any atom is 0.324 e. The molecule has 7 nitrogen and oxygen atoms in total. The van der Waals surface area contributed by atoms with Crippen LogP contribution in [0.4, 0.5) is 4.39 Å². The van der Waals surface area contributed by atoms with E-state index in [0.717, 1.165) is 49.9 Å². The summed E-state index contributed by atoms with van der Waals surface area (Å²) in [6.07, 6.45) is 4.15. The normalized spacial score (nSPS) is 21.3. The fourth-order valence-electron chi connectivity index (χ4n) is 3.00. The Morgan fingerprint density at radius 3 is 2.48 bits per heavy atom. The quantitative estimate of drug-likeness (QED) is 0.679. The summed E-state index contributed by atoms with van der Waals surface area (Å²) < 4.78 is 44.3. The molecule has 0 saturated heterocycles. The number of amides is 1. The number of ether oxygens (including phenoxy) is 1. The van der Waals surface area contributed by atoms with Crippen LogP contribution in [0.5, 0.6) is 0 Å². The predicted molar refractivity (Wildman–Crippen MR) is 96.7 cm³/mol. The molecular weight excluding hydrogens is 375 g/mol. The number of halogens is 1. The summed E-state index contributed by atoms with van der Waals surface area (Å²) in [7, 11) is -4.01. The van der Waals surface area contributed by atoms with E-state index in [2.05, 4.69) is 17.0 Å². The average molecular weight is 400 g/mol. The van der Waals surface area contributed by atoms with Gasteiger partial charge >= 0.3 is 5.97 Å². The standard InChI is InChI=1S/C18H25FN2O5S/c1-12-5-3-4-6-16(12)20-17(22)11-26-18(23)13(2)21-27(24,25)15-9-7-14(19)8-10-15/h7-10,12-13,16,21H,3-6,11H2,1-2H3,(H,20,22)/t12-,13+,16+/m1/s1. The summed E-state index contributed by atoms with van der Waals surface area (Å²) in [5, 5.41) is 2.85. The molecule has 0 unspecified atom stereocenters. The molecule has 27 heavy (non-hydrogen) atoms. The second-order valence-corrected chi connectivity index (χ2v) is 8.55. The zero-order chi connectivity index (χ0) is 20.0. The van der Waals surface area contributed by atoms with Gasteiger partial charge in [-0.15, -0.1) is 0 Å². The van der Waals surface area contributed by atoms with Crippen molar-refractivity contribution in [3.8, 4) is 0 Å². The first-order chi connectivity index (χ1) is 12.7. The van der Waals surface area contributed by atoms with Gasteiger partial charge in [-0.25, -0.2) is 12.8 Å². The van der Waals surface area contributed by atoms with Crippen LogP contribution in [0.3, 0.4) is 0 Å². The Bertz CT molecular complexity index is 766. The first-order valence-corrected chi connectivity index (χ1v) is 10.4. The van der Waals surface area contributed by atoms with E-state index in [4.69, 9.17) is 4.74 Å². The molecule has 0 heterocycles. The molecule has 150 valence electrons. The molecule has 1 aliphatic carbocycles. The van der Waals surface area contributed by atoms with Gasteiger partial charge in [0.05, 0.1) is 4.90 Å². The predicted octanol–water partition coefficient (Wildman–Crippen LogP) is 1.73. The Hall–Kier alpha value is -2.00. The summed E-state index contributed by atoms with van der Waals surface area (Å²) >= 11 is 0. The number of esters is 1. The van der Waals surface area contributed by atoms with Gasteiger partial charge in [-0.1, -0.05) is 19.8 Å². The number of carbonyl (C=O) groups is 2. The molecular formula is C18H25FN2O5S. The first-order valence-electron chi connectivity index (χ1n) is 8.93. The largest absolute Gasteiger partial charge is 0.454 e. The van der Waals surface area contributed by atoms with Gasteiger partial charge in [-0.2, -0.15) is 4.72 Å². The lowest BCUT2D eigenvalue weighted by atomic mass is 9.86. The van der Waals surface area contributed by atoms with E-state index in [1.165, 1.54) is 6.92 Å². The van der Waals surface area contributed by atoms with Crippen molar-refractivity contribution in [3.63, 3.8) is 0 Å². The van der Waals surface area contributed by atoms with Crippen molar-refractivity contribution in [2.24, 2.45) is 5.92 Å². The summed E-state index contributed by atoms with van der Waals surface area (Å²) in [4.78, 5) is 23.8. The van der Waals surface area contributed by atoms with Crippen molar-refractivity contribution in [3.05, 3.63) is 30.1 Å². The average Bonchev–Trinajstić information content (AvgIpc) is 2.61. The highest BCUT2D eigenvalue weighted by Crippen LogP contribution is 2.23. The van der Waals surface area contributed by atoms with Gasteiger partial charge in [-0.3, -0.25) is 9.59 Å². The smallest absolute Gasteiger partial charge is 0.324 e. The van der Waals surface area contributed by atoms with E-state index < -0.39 is 40.4 Å². The lowest BCUT2D eigenvalue weighted by molar-refractivity contribution is -0.150. The van der Waals surface area contributed by atoms with Crippen molar-refractivity contribution in [1.29, 1.82) is 0 Å². The van der Waals surface area contributed by atoms with Gasteiger partial charge in [0.15, 0.2) is 6.61 Å². The number of sulfonamides is 1. The van der Waals surface area contributed by atoms with Crippen LogP contribution >= 0.6 is 0 Å². The molecule has 1 saturated carbocycles. The Morgan fingerprint density at radius 1 is 1.22 bits per heavy atom. The van der Waals surface area contributed by atoms with Crippen LogP contribution in [0, 0.1) is 11.7 Å². The fourth-order valence-corrected chi connectivity index (χ4v) is 4.20. The Labute approximate surface area is 158 Å². The second kappa shape index (κ2) is 9.27. The van der Waals surface area contributed by atoms with Gasteiger partial charge in [0.1, 0.15) is 11.9 Å². The lowest BCUT2D eigenvalue weighted by Crippen LogP contribution is -2.44. The molecule has 1 fully saturated rings. The minimum Gasteiger partial charge on any atom is -0.454 e. The number of benzene rings is 1. The highest BCUT2D eigenvalue weighted by molar-refractivity contribution is 7.89. The molecule has 0 spiro atoms. The van der Waals surface area contributed by atoms with Gasteiger partial charge in [-0.05, 0) is 49.9 Å². The molecule has 0 radical (unpaired) electrons. The molecule has 3 atom stereocenters. The third-order valence-corrected chi connectivity index (χ3v) is 6.17. The highest BCUT2D eigenvalue weighted by Gasteiger charge is 2.25. The van der Waals surface area contributed by atoms with Crippen LogP contribution in [0.2, 0.25) is 0 Å². The van der Waals surface area contributed by atoms with Crippen molar-refractivity contribution in [2.45, 2.75) is 56.5 Å². The molecule has 1 aromatic rings. The Kier molecular flexibility index (Phi) is 7.32. The Balaban J connectivity index is 1.82. The van der Waals surface area contributed by atoms with Crippen LogP contribution < -0.4 is 10.0 Å². The molecule has 0 aliphatic heterocycles. The van der Waals surface area contributed by atoms with E-state index in [1.807, 2.05) is 0 Å². The van der Waals surface area contributed by atoms with Crippen molar-refractivity contribution >= 4 is 21.9 Å². The zero-order valence-corrected chi connectivity index (χ0v) is 16.2. The van der Waals surface area contributed by atoms with Gasteiger partial charge in [0, 0.05) is 6.04 Å². The van der Waals surface area contributed by atoms with Crippen molar-refractivity contribution < 1.29 is 27.1 Å². The molecule has 9 heteroatoms. The summed E-state index contributed by atoms with van der Waals surface area (Å²) in [6, 6.07) is 3.08. The summed E-state index contributed by atoms with van der Waals surface area (Å²) in [5.74, 6) is -1.47. The Morgan fingerprint density at radius 2 is 1.85 bits per heavy atom. The highest BCUT2D eigenvalue weighted by atomic mass is 32.2. The molecule has 2 rings (SSSR count). The van der Waals surface area contributed by atoms with E-state index in [9.17, 15) is 22.4 Å². The lowest BCUT2D eigenvalue weighted by Gasteiger charge is -2.29. The fraction of sp³-hybridized carbons (Fsp3) is 0.556. The molecule has 0 aromatic heterocycles. The summed E-state index contributed by atoms with van der Waals surface area (Å²) in [5.41, 5.74) is 0. The molecule has 0 bridgehead atoms. The second-order valence-electron chi connectivity index (χ2n) is 6.84. The minimum atomic E-state index is -4.01. The first kappa shape index (κ1) is 21.3. The van der Waals surface area contributed by atoms with Gasteiger partial charge in [0.25, 0.3) is 5.91 Å². The summed E-state index contributed by atoms with van der Waals surface area (Å²) in [6.45, 7) is 2.91. The van der Waals surface area contributed by atoms with Crippen molar-refractivity contribution in [1.82, 2.24) is 10.0 Å². The third-order valence-electron chi connectivity index (χ3n) is 4.61. The number of hydrogen-bond donors (Lipinski definition) is 2. The van der Waals surface area contributed by atoms with E-state index in [1.54, 1.807) is 0 Å². The molecule has 1 aliphatic rings. The third kappa shape index (κ3) is 6.28. The molecule has 2 N–H and O–H groups in total. The van der Waals surface area contributed by atoms with Crippen molar-refractivity contribution in [2.75, 3.05) is 6.61 Å². The number of rotatable bonds is 7. The number of carbonyl (C=O) groups excluding carboxylic acids is 2. The number of hydrogen-bond acceptors (Lipinski definition) is 5. The van der Waals surface area contributed by atoms with E-state index in [0.29, 0.717) is 5.92 Å². The van der Waals surface area contributed by atoms with Gasteiger partial charge in [0.2, 0.25) is 10.0 Å². The van der Waals surface area contributed by atoms with E-state index >= 15 is 0 Å².